The Hall–Kier alpha value is -4.82. The molecule has 0 bridgehead atoms. The molecule has 0 saturated heterocycles. The van der Waals surface area contributed by atoms with E-state index in [1.807, 2.05) is 6.07 Å². The molecule has 0 radical (unpaired) electrons. The molecule has 0 spiro atoms. The molecule has 2 heteroatoms. The van der Waals surface area contributed by atoms with Gasteiger partial charge in [0.05, 0.1) is 5.69 Å². The fourth-order valence-corrected chi connectivity index (χ4v) is 5.54. The van der Waals surface area contributed by atoms with Crippen molar-refractivity contribution in [2.24, 2.45) is 0 Å². The summed E-state index contributed by atoms with van der Waals surface area (Å²) in [5.41, 5.74) is 6.94. The van der Waals surface area contributed by atoms with Crippen LogP contribution in [-0.2, 0) is 0 Å². The van der Waals surface area contributed by atoms with Gasteiger partial charge in [-0.05, 0) is 82.6 Å². The maximum atomic E-state index is 3.64. The summed E-state index contributed by atoms with van der Waals surface area (Å²) in [6.07, 6.45) is 0. The largest absolute Gasteiger partial charge is 0.355 e. The van der Waals surface area contributed by atoms with E-state index in [4.69, 9.17) is 0 Å². The Morgan fingerprint density at radius 3 is 1.89 bits per heavy atom. The minimum atomic E-state index is 1.09. The maximum Gasteiger partial charge on any atom is 0.0540 e. The summed E-state index contributed by atoms with van der Waals surface area (Å²) in [6.45, 7) is 2.15. The van der Waals surface area contributed by atoms with Crippen molar-refractivity contribution in [3.8, 4) is 0 Å². The minimum absolute atomic E-state index is 1.09. The van der Waals surface area contributed by atoms with Crippen molar-refractivity contribution in [1.82, 2.24) is 0 Å². The van der Waals surface area contributed by atoms with Crippen LogP contribution >= 0.6 is 0 Å². The van der Waals surface area contributed by atoms with Crippen molar-refractivity contribution < 1.29 is 0 Å². The topological polar surface area (TPSA) is 15.3 Å². The average molecular weight is 475 g/mol. The van der Waals surface area contributed by atoms with E-state index in [-0.39, 0.29) is 0 Å². The molecule has 7 rings (SSSR count). The van der Waals surface area contributed by atoms with Gasteiger partial charge in [0.2, 0.25) is 0 Å². The van der Waals surface area contributed by atoms with E-state index in [0.29, 0.717) is 0 Å². The average Bonchev–Trinajstić information content (AvgIpc) is 2.94. The third kappa shape index (κ3) is 3.66. The summed E-state index contributed by atoms with van der Waals surface area (Å²) in [5.74, 6) is 0. The summed E-state index contributed by atoms with van der Waals surface area (Å²) in [4.78, 5) is 2.38. The summed E-state index contributed by atoms with van der Waals surface area (Å²) in [6, 6.07) is 47.8. The number of benzene rings is 7. The fourth-order valence-electron chi connectivity index (χ4n) is 5.54. The van der Waals surface area contributed by atoms with E-state index in [1.165, 1.54) is 43.6 Å². The van der Waals surface area contributed by atoms with Crippen LogP contribution in [0.25, 0.3) is 32.3 Å². The van der Waals surface area contributed by atoms with Crippen molar-refractivity contribution in [1.29, 1.82) is 0 Å². The molecule has 7 aromatic carbocycles. The Labute approximate surface area is 216 Å². The molecule has 176 valence electrons. The summed E-state index contributed by atoms with van der Waals surface area (Å²) in [7, 11) is 0. The van der Waals surface area contributed by atoms with Gasteiger partial charge in [0.1, 0.15) is 0 Å². The molecule has 7 aromatic rings. The van der Waals surface area contributed by atoms with Crippen LogP contribution in [0.5, 0.6) is 0 Å². The molecular formula is C35H26N2. The molecule has 0 amide bonds. The highest BCUT2D eigenvalue weighted by atomic mass is 15.1. The Balaban J connectivity index is 1.50. The number of nitrogens with one attached hydrogen (secondary N) is 1. The maximum absolute atomic E-state index is 3.64. The zero-order valence-electron chi connectivity index (χ0n) is 20.6. The normalized spacial score (nSPS) is 11.4. The van der Waals surface area contributed by atoms with Crippen LogP contribution in [0, 0.1) is 6.92 Å². The van der Waals surface area contributed by atoms with Crippen LogP contribution in [0.15, 0.2) is 133 Å². The minimum Gasteiger partial charge on any atom is -0.355 e. The third-order valence-corrected chi connectivity index (χ3v) is 7.21. The van der Waals surface area contributed by atoms with Gasteiger partial charge in [0.15, 0.2) is 0 Å². The molecule has 0 fully saturated rings. The SMILES string of the molecule is Cc1cccc(N(c2ccccc2)c2ccc3ccc4c(Nc5ccccc5)ccc5ccc2c3c54)c1. The van der Waals surface area contributed by atoms with Gasteiger partial charge in [-0.3, -0.25) is 0 Å². The predicted octanol–water partition coefficient (Wildman–Crippen LogP) is 10.1. The standard InChI is InChI=1S/C35H26N2/c1-24-9-8-14-29(23-24)37(28-12-6-3-7-13-28)33-22-18-26-15-19-30-32(36-27-10-4-2-5-11-27)21-17-25-16-20-31(33)35(26)34(25)30/h2-23,36H,1H3. The Bertz CT molecular complexity index is 1860. The summed E-state index contributed by atoms with van der Waals surface area (Å²) >= 11 is 0. The Kier molecular flexibility index (Phi) is 5.04. The van der Waals surface area contributed by atoms with Gasteiger partial charge >= 0.3 is 0 Å². The van der Waals surface area contributed by atoms with Crippen LogP contribution in [0.2, 0.25) is 0 Å². The van der Waals surface area contributed by atoms with Crippen LogP contribution in [0.3, 0.4) is 0 Å². The van der Waals surface area contributed by atoms with Crippen molar-refractivity contribution >= 4 is 60.8 Å². The second-order valence-electron chi connectivity index (χ2n) is 9.62. The number of aryl methyl sites for hydroxylation is 1. The Morgan fingerprint density at radius 2 is 1.14 bits per heavy atom. The number of hydrogen-bond donors (Lipinski definition) is 1. The van der Waals surface area contributed by atoms with E-state index < -0.39 is 0 Å². The number of anilines is 5. The van der Waals surface area contributed by atoms with Gasteiger partial charge in [-0.25, -0.2) is 0 Å². The highest BCUT2D eigenvalue weighted by Gasteiger charge is 2.19. The van der Waals surface area contributed by atoms with E-state index in [2.05, 4.69) is 145 Å². The summed E-state index contributed by atoms with van der Waals surface area (Å²) < 4.78 is 0. The van der Waals surface area contributed by atoms with Crippen LogP contribution in [0.1, 0.15) is 5.56 Å². The van der Waals surface area contributed by atoms with Gasteiger partial charge < -0.3 is 10.2 Å². The first kappa shape index (κ1) is 21.5. The lowest BCUT2D eigenvalue weighted by molar-refractivity contribution is 1.28. The van der Waals surface area contributed by atoms with Crippen molar-refractivity contribution in [3.63, 3.8) is 0 Å². The highest BCUT2D eigenvalue weighted by molar-refractivity contribution is 6.27. The van der Waals surface area contributed by atoms with Gasteiger partial charge in [-0.1, -0.05) is 84.9 Å². The zero-order chi connectivity index (χ0) is 24.8. The number of rotatable bonds is 5. The molecule has 0 atom stereocenters. The smallest absolute Gasteiger partial charge is 0.0540 e. The molecular weight excluding hydrogens is 448 g/mol. The molecule has 0 aliphatic rings. The molecule has 0 aliphatic carbocycles. The van der Waals surface area contributed by atoms with Crippen LogP contribution in [0.4, 0.5) is 28.4 Å². The molecule has 0 saturated carbocycles. The molecule has 0 heterocycles. The highest BCUT2D eigenvalue weighted by Crippen LogP contribution is 2.45. The summed E-state index contributed by atoms with van der Waals surface area (Å²) in [5, 5.41) is 11.2. The molecule has 1 N–H and O–H groups in total. The quantitative estimate of drug-likeness (QED) is 0.250. The monoisotopic (exact) mass is 474 g/mol. The van der Waals surface area contributed by atoms with Crippen molar-refractivity contribution in [2.75, 3.05) is 10.2 Å². The van der Waals surface area contributed by atoms with Crippen LogP contribution < -0.4 is 10.2 Å². The molecule has 0 aliphatic heterocycles. The second-order valence-corrected chi connectivity index (χ2v) is 9.62. The fraction of sp³-hybridized carbons (Fsp3) is 0.0286. The lowest BCUT2D eigenvalue weighted by atomic mass is 9.92. The third-order valence-electron chi connectivity index (χ3n) is 7.21. The van der Waals surface area contributed by atoms with E-state index in [9.17, 15) is 0 Å². The first-order valence-electron chi connectivity index (χ1n) is 12.7. The molecule has 0 unspecified atom stereocenters. The first-order valence-corrected chi connectivity index (χ1v) is 12.7. The molecule has 2 nitrogen and oxygen atoms in total. The second kappa shape index (κ2) is 8.69. The van der Waals surface area contributed by atoms with Crippen LogP contribution in [-0.4, -0.2) is 0 Å². The predicted molar refractivity (Wildman–Crippen MR) is 159 cm³/mol. The lowest BCUT2D eigenvalue weighted by Crippen LogP contribution is -2.10. The molecule has 37 heavy (non-hydrogen) atoms. The molecule has 0 aromatic heterocycles. The van der Waals surface area contributed by atoms with Gasteiger partial charge in [0, 0.05) is 33.5 Å². The Morgan fingerprint density at radius 1 is 0.514 bits per heavy atom. The van der Waals surface area contributed by atoms with Gasteiger partial charge in [-0.2, -0.15) is 0 Å². The van der Waals surface area contributed by atoms with Crippen molar-refractivity contribution in [2.45, 2.75) is 6.92 Å². The first-order chi connectivity index (χ1) is 18.3. The lowest BCUT2D eigenvalue weighted by Gasteiger charge is -2.28. The van der Waals surface area contributed by atoms with E-state index in [1.54, 1.807) is 0 Å². The number of para-hydroxylation sites is 2. The van der Waals surface area contributed by atoms with Crippen molar-refractivity contribution in [3.05, 3.63) is 139 Å². The van der Waals surface area contributed by atoms with E-state index in [0.717, 1.165) is 22.7 Å². The number of hydrogen-bond acceptors (Lipinski definition) is 2. The van der Waals surface area contributed by atoms with E-state index >= 15 is 0 Å². The number of nitrogens with zero attached hydrogens (tertiary/aromatic N) is 1. The zero-order valence-corrected chi connectivity index (χ0v) is 20.6. The van der Waals surface area contributed by atoms with Gasteiger partial charge in [0.25, 0.3) is 0 Å². The van der Waals surface area contributed by atoms with Gasteiger partial charge in [-0.15, -0.1) is 0 Å².